The van der Waals surface area contributed by atoms with Gasteiger partial charge in [-0.2, -0.15) is 0 Å². The number of anilines is 2. The lowest BCUT2D eigenvalue weighted by Gasteiger charge is -2.18. The molecule has 136 valence electrons. The van der Waals surface area contributed by atoms with E-state index in [1.54, 1.807) is 23.8 Å². The summed E-state index contributed by atoms with van der Waals surface area (Å²) in [5.41, 5.74) is 1.53. The highest BCUT2D eigenvalue weighted by Gasteiger charge is 2.31. The van der Waals surface area contributed by atoms with Gasteiger partial charge in [0.1, 0.15) is 5.75 Å². The van der Waals surface area contributed by atoms with E-state index in [-0.39, 0.29) is 24.4 Å². The molecule has 2 aromatic rings. The molecule has 0 radical (unpaired) electrons. The van der Waals surface area contributed by atoms with Crippen LogP contribution in [0.2, 0.25) is 0 Å². The molecule has 26 heavy (non-hydrogen) atoms. The largest absolute Gasteiger partial charge is 0.497 e. The number of thioether (sulfide) groups is 1. The fraction of sp³-hybridized carbons (Fsp3) is 0.263. The Balaban J connectivity index is 1.62. The molecule has 2 N–H and O–H groups in total. The summed E-state index contributed by atoms with van der Waals surface area (Å²) < 4.78 is 5.21. The lowest BCUT2D eigenvalue weighted by molar-refractivity contribution is -0.117. The van der Waals surface area contributed by atoms with Gasteiger partial charge in [0.25, 0.3) is 0 Å². The number of para-hydroxylation sites is 1. The minimum Gasteiger partial charge on any atom is -0.497 e. The second kappa shape index (κ2) is 8.14. The van der Waals surface area contributed by atoms with E-state index in [9.17, 15) is 9.59 Å². The highest BCUT2D eigenvalue weighted by Crippen LogP contribution is 2.26. The van der Waals surface area contributed by atoms with Crippen LogP contribution in [0, 0.1) is 0 Å². The minimum atomic E-state index is -0.309. The summed E-state index contributed by atoms with van der Waals surface area (Å²) >= 11 is 1.56. The van der Waals surface area contributed by atoms with Crippen LogP contribution in [0.25, 0.3) is 0 Å². The van der Waals surface area contributed by atoms with Gasteiger partial charge in [0.2, 0.25) is 5.91 Å². The average molecular weight is 371 g/mol. The van der Waals surface area contributed by atoms with Crippen LogP contribution in [-0.4, -0.2) is 37.9 Å². The zero-order valence-corrected chi connectivity index (χ0v) is 15.5. The summed E-state index contributed by atoms with van der Waals surface area (Å²) in [6, 6.07) is 14.4. The van der Waals surface area contributed by atoms with Crippen molar-refractivity contribution < 1.29 is 14.3 Å². The van der Waals surface area contributed by atoms with Gasteiger partial charge in [0.05, 0.1) is 18.8 Å². The van der Waals surface area contributed by atoms with Gasteiger partial charge < -0.3 is 20.3 Å². The molecule has 1 aliphatic heterocycles. The topological polar surface area (TPSA) is 70.7 Å². The van der Waals surface area contributed by atoms with E-state index in [0.29, 0.717) is 12.3 Å². The van der Waals surface area contributed by atoms with Crippen molar-refractivity contribution in [2.75, 3.05) is 30.1 Å². The van der Waals surface area contributed by atoms with Crippen LogP contribution in [0.5, 0.6) is 5.75 Å². The molecule has 3 rings (SSSR count). The molecule has 0 aliphatic carbocycles. The maximum atomic E-state index is 12.3. The average Bonchev–Trinajstić information content (AvgIpc) is 3.02. The lowest BCUT2D eigenvalue weighted by Crippen LogP contribution is -2.39. The minimum absolute atomic E-state index is 0.0203. The van der Waals surface area contributed by atoms with Gasteiger partial charge in [-0.25, -0.2) is 4.79 Å². The third kappa shape index (κ3) is 4.11. The number of urea groups is 1. The Morgan fingerprint density at radius 2 is 2.04 bits per heavy atom. The third-order valence-corrected chi connectivity index (χ3v) is 4.98. The SMILES string of the molecule is COc1cccc(N2C[C@H](NC(=O)Nc3ccccc3SC)CC2=O)c1. The molecule has 1 atom stereocenters. The van der Waals surface area contributed by atoms with Crippen LogP contribution in [-0.2, 0) is 4.79 Å². The molecule has 1 saturated heterocycles. The standard InChI is InChI=1S/C19H21N3O3S/c1-25-15-7-5-6-14(11-15)22-12-13(10-18(22)23)20-19(24)21-16-8-3-4-9-17(16)26-2/h3-9,11,13H,10,12H2,1-2H3,(H2,20,21,24)/t13-/m1/s1. The molecule has 0 aromatic heterocycles. The van der Waals surface area contributed by atoms with E-state index in [4.69, 9.17) is 4.74 Å². The number of methoxy groups -OCH3 is 1. The summed E-state index contributed by atoms with van der Waals surface area (Å²) in [7, 11) is 1.59. The molecule has 0 bridgehead atoms. The van der Waals surface area contributed by atoms with Crippen LogP contribution < -0.4 is 20.3 Å². The van der Waals surface area contributed by atoms with Crippen molar-refractivity contribution in [3.63, 3.8) is 0 Å². The monoisotopic (exact) mass is 371 g/mol. The van der Waals surface area contributed by atoms with Crippen molar-refractivity contribution in [3.05, 3.63) is 48.5 Å². The van der Waals surface area contributed by atoms with E-state index in [1.165, 1.54) is 0 Å². The van der Waals surface area contributed by atoms with E-state index in [2.05, 4.69) is 10.6 Å². The number of nitrogens with zero attached hydrogens (tertiary/aromatic N) is 1. The Hall–Kier alpha value is -2.67. The molecule has 0 spiro atoms. The number of ether oxygens (including phenoxy) is 1. The molecule has 6 nitrogen and oxygen atoms in total. The molecule has 1 fully saturated rings. The maximum Gasteiger partial charge on any atom is 0.319 e. The van der Waals surface area contributed by atoms with Crippen molar-refractivity contribution >= 4 is 35.1 Å². The molecule has 7 heteroatoms. The predicted molar refractivity (Wildman–Crippen MR) is 104 cm³/mol. The van der Waals surface area contributed by atoms with Gasteiger partial charge in [-0.05, 0) is 30.5 Å². The van der Waals surface area contributed by atoms with Crippen LogP contribution in [0.1, 0.15) is 6.42 Å². The molecule has 0 saturated carbocycles. The molecule has 1 heterocycles. The molecular weight excluding hydrogens is 350 g/mol. The van der Waals surface area contributed by atoms with Crippen molar-refractivity contribution in [1.82, 2.24) is 5.32 Å². The molecular formula is C19H21N3O3S. The van der Waals surface area contributed by atoms with Gasteiger partial charge in [-0.15, -0.1) is 11.8 Å². The molecule has 0 unspecified atom stereocenters. The Labute approximate surface area is 156 Å². The number of carbonyl (C=O) groups excluding carboxylic acids is 2. The Morgan fingerprint density at radius 3 is 2.81 bits per heavy atom. The molecule has 3 amide bonds. The zero-order valence-electron chi connectivity index (χ0n) is 14.7. The first-order valence-corrected chi connectivity index (χ1v) is 9.48. The fourth-order valence-corrected chi connectivity index (χ4v) is 3.48. The van der Waals surface area contributed by atoms with Gasteiger partial charge in [0.15, 0.2) is 0 Å². The van der Waals surface area contributed by atoms with Gasteiger partial charge >= 0.3 is 6.03 Å². The maximum absolute atomic E-state index is 12.3. The number of rotatable bonds is 5. The summed E-state index contributed by atoms with van der Waals surface area (Å²) in [6.45, 7) is 0.434. The molecule has 2 aromatic carbocycles. The van der Waals surface area contributed by atoms with Crippen LogP contribution in [0.4, 0.5) is 16.2 Å². The summed E-state index contributed by atoms with van der Waals surface area (Å²) in [6.07, 6.45) is 2.23. The van der Waals surface area contributed by atoms with E-state index < -0.39 is 0 Å². The Morgan fingerprint density at radius 1 is 1.23 bits per heavy atom. The number of hydrogen-bond acceptors (Lipinski definition) is 4. The van der Waals surface area contributed by atoms with Gasteiger partial charge in [-0.1, -0.05) is 18.2 Å². The van der Waals surface area contributed by atoms with Crippen molar-refractivity contribution in [1.29, 1.82) is 0 Å². The lowest BCUT2D eigenvalue weighted by atomic mass is 10.2. The first-order chi connectivity index (χ1) is 12.6. The summed E-state index contributed by atoms with van der Waals surface area (Å²) in [5.74, 6) is 0.672. The first-order valence-electron chi connectivity index (χ1n) is 8.25. The van der Waals surface area contributed by atoms with E-state index in [1.807, 2.05) is 54.8 Å². The molecule has 1 aliphatic rings. The van der Waals surface area contributed by atoms with Crippen LogP contribution in [0.15, 0.2) is 53.4 Å². The van der Waals surface area contributed by atoms with Crippen molar-refractivity contribution in [2.24, 2.45) is 0 Å². The first kappa shape index (κ1) is 18.1. The smallest absolute Gasteiger partial charge is 0.319 e. The second-order valence-electron chi connectivity index (χ2n) is 5.91. The third-order valence-electron chi connectivity index (χ3n) is 4.18. The number of hydrogen-bond donors (Lipinski definition) is 2. The van der Waals surface area contributed by atoms with E-state index >= 15 is 0 Å². The van der Waals surface area contributed by atoms with Crippen molar-refractivity contribution in [2.45, 2.75) is 17.4 Å². The fourth-order valence-electron chi connectivity index (χ4n) is 2.92. The van der Waals surface area contributed by atoms with E-state index in [0.717, 1.165) is 16.3 Å². The van der Waals surface area contributed by atoms with Crippen molar-refractivity contribution in [3.8, 4) is 5.75 Å². The Kier molecular flexibility index (Phi) is 5.68. The van der Waals surface area contributed by atoms with Gasteiger partial charge in [-0.3, -0.25) is 4.79 Å². The number of amides is 3. The number of carbonyl (C=O) groups is 2. The number of benzene rings is 2. The predicted octanol–water partition coefficient (Wildman–Crippen LogP) is 3.34. The Bertz CT molecular complexity index is 812. The highest BCUT2D eigenvalue weighted by molar-refractivity contribution is 7.98. The normalized spacial score (nSPS) is 16.5. The van der Waals surface area contributed by atoms with Gasteiger partial charge in [0, 0.05) is 29.6 Å². The van der Waals surface area contributed by atoms with Crippen LogP contribution in [0.3, 0.4) is 0 Å². The quantitative estimate of drug-likeness (QED) is 0.791. The highest BCUT2D eigenvalue weighted by atomic mass is 32.2. The second-order valence-corrected chi connectivity index (χ2v) is 6.75. The number of nitrogens with one attached hydrogen (secondary N) is 2. The summed E-state index contributed by atoms with van der Waals surface area (Å²) in [5, 5.41) is 5.74. The summed E-state index contributed by atoms with van der Waals surface area (Å²) in [4.78, 5) is 27.3. The zero-order chi connectivity index (χ0) is 18.5. The van der Waals surface area contributed by atoms with Crippen LogP contribution >= 0.6 is 11.8 Å².